The van der Waals surface area contributed by atoms with Crippen molar-refractivity contribution < 1.29 is 13.5 Å². The number of benzene rings is 3. The highest BCUT2D eigenvalue weighted by atomic mass is 127. The highest BCUT2D eigenvalue weighted by Gasteiger charge is 2.17. The Labute approximate surface area is 225 Å². The summed E-state index contributed by atoms with van der Waals surface area (Å²) in [5.41, 5.74) is 5.41. The van der Waals surface area contributed by atoms with E-state index in [1.807, 2.05) is 49.9 Å². The molecular formula is C28H20F2IN5O. The Bertz CT molecular complexity index is 1660. The lowest BCUT2D eigenvalue weighted by Gasteiger charge is -2.16. The molecule has 0 spiro atoms. The minimum absolute atomic E-state index is 0.0319. The SMILES string of the molecule is Cc1cc(-c2cc(F)c(I)c(F)c2)cc(C)c1Oc1nc(Nc2ccc(C#N)cc2)nc2ccn(C)c12. The Kier molecular flexibility index (Phi) is 6.52. The molecule has 2 heterocycles. The van der Waals surface area contributed by atoms with E-state index in [0.717, 1.165) is 22.3 Å². The van der Waals surface area contributed by atoms with Crippen LogP contribution in [0.1, 0.15) is 16.7 Å². The van der Waals surface area contributed by atoms with Crippen molar-refractivity contribution in [1.29, 1.82) is 5.26 Å². The monoisotopic (exact) mass is 607 g/mol. The lowest BCUT2D eigenvalue weighted by atomic mass is 9.99. The number of fused-ring (bicyclic) bond motifs is 1. The lowest BCUT2D eigenvalue weighted by Crippen LogP contribution is -2.02. The first-order valence-corrected chi connectivity index (χ1v) is 12.4. The summed E-state index contributed by atoms with van der Waals surface area (Å²) in [6.45, 7) is 3.76. The van der Waals surface area contributed by atoms with Crippen LogP contribution >= 0.6 is 22.6 Å². The van der Waals surface area contributed by atoms with E-state index in [1.54, 1.807) is 46.9 Å². The second-order valence-corrected chi connectivity index (χ2v) is 9.70. The van der Waals surface area contributed by atoms with Crippen LogP contribution in [0.3, 0.4) is 0 Å². The fourth-order valence-corrected chi connectivity index (χ4v) is 4.45. The topological polar surface area (TPSA) is 75.8 Å². The molecule has 184 valence electrons. The van der Waals surface area contributed by atoms with E-state index in [0.29, 0.717) is 39.8 Å². The number of hydrogen-bond donors (Lipinski definition) is 1. The summed E-state index contributed by atoms with van der Waals surface area (Å²) in [6, 6.07) is 17.3. The number of nitriles is 1. The molecule has 0 aliphatic rings. The molecule has 9 heteroatoms. The first-order chi connectivity index (χ1) is 17.7. The molecule has 3 aromatic carbocycles. The first kappa shape index (κ1) is 24.6. The molecule has 5 aromatic rings. The maximum absolute atomic E-state index is 14.2. The third-order valence-corrected chi connectivity index (χ3v) is 6.96. The van der Waals surface area contributed by atoms with Crippen LogP contribution in [0.2, 0.25) is 0 Å². The standard InChI is InChI=1S/C28H20F2IN5O/c1-15-10-18(19-12-21(29)24(31)22(30)13-19)11-16(2)26(15)37-27-25-23(8-9-36(25)3)34-28(35-27)33-20-6-4-17(14-32)5-7-20/h4-13H,1-3H3,(H,33,34,35). The first-order valence-electron chi connectivity index (χ1n) is 11.3. The van der Waals surface area contributed by atoms with E-state index >= 15 is 0 Å². The Hall–Kier alpha value is -4.04. The molecule has 0 atom stereocenters. The molecular weight excluding hydrogens is 587 g/mol. The van der Waals surface area contributed by atoms with Gasteiger partial charge in [0.1, 0.15) is 22.9 Å². The number of aromatic nitrogens is 3. The van der Waals surface area contributed by atoms with Crippen LogP contribution in [-0.4, -0.2) is 14.5 Å². The van der Waals surface area contributed by atoms with Crippen LogP contribution in [0.4, 0.5) is 20.4 Å². The number of rotatable bonds is 5. The number of anilines is 2. The molecule has 0 saturated carbocycles. The number of nitrogens with one attached hydrogen (secondary N) is 1. The Morgan fingerprint density at radius 1 is 0.946 bits per heavy atom. The summed E-state index contributed by atoms with van der Waals surface area (Å²) in [5.74, 6) is 0.107. The van der Waals surface area contributed by atoms with Crippen molar-refractivity contribution in [2.24, 2.45) is 7.05 Å². The molecule has 2 aromatic heterocycles. The third-order valence-electron chi connectivity index (χ3n) is 5.93. The average Bonchev–Trinajstić information content (AvgIpc) is 3.25. The minimum Gasteiger partial charge on any atom is -0.436 e. The van der Waals surface area contributed by atoms with Gasteiger partial charge in [-0.3, -0.25) is 0 Å². The van der Waals surface area contributed by atoms with E-state index in [2.05, 4.69) is 21.4 Å². The van der Waals surface area contributed by atoms with Gasteiger partial charge < -0.3 is 14.6 Å². The van der Waals surface area contributed by atoms with E-state index in [-0.39, 0.29) is 3.57 Å². The number of ether oxygens (including phenoxy) is 1. The fourth-order valence-electron chi connectivity index (χ4n) is 4.14. The van der Waals surface area contributed by atoms with Gasteiger partial charge in [0.25, 0.3) is 0 Å². The maximum atomic E-state index is 14.2. The molecule has 0 aliphatic heterocycles. The molecule has 37 heavy (non-hydrogen) atoms. The van der Waals surface area contributed by atoms with Crippen LogP contribution in [0, 0.1) is 40.4 Å². The largest absolute Gasteiger partial charge is 0.436 e. The van der Waals surface area contributed by atoms with Gasteiger partial charge >= 0.3 is 0 Å². The molecule has 0 saturated heterocycles. The number of nitrogens with zero attached hydrogens (tertiary/aromatic N) is 4. The minimum atomic E-state index is -0.597. The molecule has 0 bridgehead atoms. The van der Waals surface area contributed by atoms with Crippen molar-refractivity contribution in [3.63, 3.8) is 0 Å². The van der Waals surface area contributed by atoms with Gasteiger partial charge in [0.15, 0.2) is 0 Å². The number of hydrogen-bond acceptors (Lipinski definition) is 5. The summed E-state index contributed by atoms with van der Waals surface area (Å²) in [7, 11) is 1.88. The highest BCUT2D eigenvalue weighted by Crippen LogP contribution is 2.36. The summed E-state index contributed by atoms with van der Waals surface area (Å²) < 4.78 is 36.6. The smallest absolute Gasteiger partial charge is 0.249 e. The van der Waals surface area contributed by atoms with Crippen molar-refractivity contribution in [2.45, 2.75) is 13.8 Å². The van der Waals surface area contributed by atoms with Gasteiger partial charge in [0, 0.05) is 18.9 Å². The zero-order chi connectivity index (χ0) is 26.3. The molecule has 0 unspecified atom stereocenters. The van der Waals surface area contributed by atoms with Crippen LogP contribution in [0.5, 0.6) is 11.6 Å². The summed E-state index contributed by atoms with van der Waals surface area (Å²) >= 11 is 1.66. The molecule has 5 rings (SSSR count). The van der Waals surface area contributed by atoms with Crippen molar-refractivity contribution >= 4 is 45.3 Å². The molecule has 1 N–H and O–H groups in total. The van der Waals surface area contributed by atoms with Gasteiger partial charge in [-0.1, -0.05) is 0 Å². The Balaban J connectivity index is 1.53. The quantitative estimate of drug-likeness (QED) is 0.165. The van der Waals surface area contributed by atoms with Crippen LogP contribution < -0.4 is 10.1 Å². The fraction of sp³-hybridized carbons (Fsp3) is 0.107. The van der Waals surface area contributed by atoms with Gasteiger partial charge in [-0.05, 0) is 113 Å². The molecule has 0 radical (unpaired) electrons. The lowest BCUT2D eigenvalue weighted by molar-refractivity contribution is 0.459. The van der Waals surface area contributed by atoms with Crippen LogP contribution in [0.25, 0.3) is 22.2 Å². The van der Waals surface area contributed by atoms with E-state index in [9.17, 15) is 8.78 Å². The average molecular weight is 607 g/mol. The van der Waals surface area contributed by atoms with Gasteiger partial charge in [0.05, 0.1) is 20.7 Å². The molecule has 0 aliphatic carbocycles. The van der Waals surface area contributed by atoms with Crippen LogP contribution in [0.15, 0.2) is 60.8 Å². The van der Waals surface area contributed by atoms with E-state index in [1.165, 1.54) is 12.1 Å². The van der Waals surface area contributed by atoms with Crippen molar-refractivity contribution in [3.8, 4) is 28.8 Å². The van der Waals surface area contributed by atoms with Crippen molar-refractivity contribution in [1.82, 2.24) is 14.5 Å². The predicted octanol–water partition coefficient (Wildman–Crippen LogP) is 7.54. The van der Waals surface area contributed by atoms with Crippen molar-refractivity contribution in [2.75, 3.05) is 5.32 Å². The predicted molar refractivity (Wildman–Crippen MR) is 147 cm³/mol. The van der Waals surface area contributed by atoms with Gasteiger partial charge in [-0.15, -0.1) is 0 Å². The van der Waals surface area contributed by atoms with E-state index < -0.39 is 11.6 Å². The normalized spacial score (nSPS) is 10.9. The van der Waals surface area contributed by atoms with Gasteiger partial charge in [-0.2, -0.15) is 10.2 Å². The summed E-state index contributed by atoms with van der Waals surface area (Å²) in [6.07, 6.45) is 1.88. The Morgan fingerprint density at radius 2 is 1.57 bits per heavy atom. The molecule has 0 fully saturated rings. The number of halogens is 3. The third kappa shape index (κ3) is 4.84. The molecule has 0 amide bonds. The Morgan fingerprint density at radius 3 is 2.19 bits per heavy atom. The molecule has 6 nitrogen and oxygen atoms in total. The highest BCUT2D eigenvalue weighted by molar-refractivity contribution is 14.1. The number of aryl methyl sites for hydroxylation is 3. The second kappa shape index (κ2) is 9.78. The van der Waals surface area contributed by atoms with Gasteiger partial charge in [-0.25, -0.2) is 13.8 Å². The second-order valence-electron chi connectivity index (χ2n) is 8.62. The zero-order valence-electron chi connectivity index (χ0n) is 20.1. The van der Waals surface area contributed by atoms with E-state index in [4.69, 9.17) is 10.00 Å². The summed E-state index contributed by atoms with van der Waals surface area (Å²) in [4.78, 5) is 9.23. The van der Waals surface area contributed by atoms with Crippen molar-refractivity contribution in [3.05, 3.63) is 92.7 Å². The van der Waals surface area contributed by atoms with Crippen LogP contribution in [-0.2, 0) is 7.05 Å². The maximum Gasteiger partial charge on any atom is 0.249 e. The summed E-state index contributed by atoms with van der Waals surface area (Å²) in [5, 5.41) is 12.2. The van der Waals surface area contributed by atoms with Gasteiger partial charge in [0.2, 0.25) is 11.8 Å². The zero-order valence-corrected chi connectivity index (χ0v) is 22.3.